The summed E-state index contributed by atoms with van der Waals surface area (Å²) in [6.07, 6.45) is 3.34. The Morgan fingerprint density at radius 1 is 1.29 bits per heavy atom. The summed E-state index contributed by atoms with van der Waals surface area (Å²) in [6, 6.07) is 12.4. The van der Waals surface area contributed by atoms with Crippen molar-refractivity contribution in [3.8, 4) is 0 Å². The number of quaternary nitrogens is 1. The van der Waals surface area contributed by atoms with Crippen LogP contribution in [0.5, 0.6) is 0 Å². The lowest BCUT2D eigenvalue weighted by molar-refractivity contribution is -0.890. The standard InChI is InChI=1S/C18H19N3OS2/c1-21(2)14(16-8-5-11-23-16)12-19-17(22)9-10-18-20-13-6-3-4-7-15(13)24-18/h3-11,14H,12H2,1-2H3,(H,19,22)/p+1/b10-9+/t14-/m0/s1. The lowest BCUT2D eigenvalue weighted by Gasteiger charge is -2.20. The number of hydrogen-bond donors (Lipinski definition) is 2. The number of aromatic nitrogens is 1. The van der Waals surface area contributed by atoms with Gasteiger partial charge in [0.05, 0.1) is 35.7 Å². The largest absolute Gasteiger partial charge is 0.346 e. The monoisotopic (exact) mass is 358 g/mol. The molecule has 0 radical (unpaired) electrons. The number of nitrogens with zero attached hydrogens (tertiary/aromatic N) is 1. The maximum Gasteiger partial charge on any atom is 0.244 e. The Morgan fingerprint density at radius 2 is 2.12 bits per heavy atom. The van der Waals surface area contributed by atoms with Crippen LogP contribution in [-0.4, -0.2) is 31.5 Å². The molecule has 0 spiro atoms. The number of fused-ring (bicyclic) bond motifs is 1. The van der Waals surface area contributed by atoms with Crippen molar-refractivity contribution in [1.82, 2.24) is 10.3 Å². The van der Waals surface area contributed by atoms with Gasteiger partial charge in [-0.25, -0.2) is 4.98 Å². The first-order valence-electron chi connectivity index (χ1n) is 7.78. The summed E-state index contributed by atoms with van der Waals surface area (Å²) in [4.78, 5) is 19.2. The van der Waals surface area contributed by atoms with Crippen LogP contribution in [0.25, 0.3) is 16.3 Å². The van der Waals surface area contributed by atoms with E-state index < -0.39 is 0 Å². The second-order valence-electron chi connectivity index (χ2n) is 5.74. The van der Waals surface area contributed by atoms with Crippen LogP contribution in [0.15, 0.2) is 47.9 Å². The number of nitrogens with one attached hydrogen (secondary N) is 2. The summed E-state index contributed by atoms with van der Waals surface area (Å²) in [7, 11) is 4.21. The minimum Gasteiger partial charge on any atom is -0.346 e. The van der Waals surface area contributed by atoms with Gasteiger partial charge in [-0.05, 0) is 29.7 Å². The van der Waals surface area contributed by atoms with Gasteiger partial charge in [-0.15, -0.1) is 22.7 Å². The van der Waals surface area contributed by atoms with Crippen LogP contribution in [0, 0.1) is 0 Å². The molecule has 2 N–H and O–H groups in total. The molecule has 1 amide bonds. The first-order valence-corrected chi connectivity index (χ1v) is 9.48. The van der Waals surface area contributed by atoms with Crippen molar-refractivity contribution in [1.29, 1.82) is 0 Å². The molecule has 3 aromatic rings. The molecule has 0 saturated heterocycles. The van der Waals surface area contributed by atoms with Gasteiger partial charge in [0.1, 0.15) is 11.0 Å². The molecular formula is C18H20N3OS2+. The number of likely N-dealkylation sites (N-methyl/N-ethyl adjacent to an activating group) is 1. The molecule has 0 aliphatic rings. The van der Waals surface area contributed by atoms with Crippen molar-refractivity contribution in [2.24, 2.45) is 0 Å². The lowest BCUT2D eigenvalue weighted by Crippen LogP contribution is -3.06. The zero-order valence-electron chi connectivity index (χ0n) is 13.7. The van der Waals surface area contributed by atoms with E-state index in [1.807, 2.05) is 30.3 Å². The fourth-order valence-electron chi connectivity index (χ4n) is 2.45. The highest BCUT2D eigenvalue weighted by Crippen LogP contribution is 2.22. The first kappa shape index (κ1) is 16.8. The topological polar surface area (TPSA) is 46.4 Å². The summed E-state index contributed by atoms with van der Waals surface area (Å²) in [6.45, 7) is 0.617. The van der Waals surface area contributed by atoms with Crippen molar-refractivity contribution in [3.05, 3.63) is 57.7 Å². The number of thiophene rings is 1. The van der Waals surface area contributed by atoms with Gasteiger partial charge >= 0.3 is 0 Å². The van der Waals surface area contributed by atoms with Gasteiger partial charge in [0.2, 0.25) is 5.91 Å². The van der Waals surface area contributed by atoms with Crippen LogP contribution in [0.4, 0.5) is 0 Å². The Morgan fingerprint density at radius 3 is 2.83 bits per heavy atom. The molecule has 0 aliphatic carbocycles. The van der Waals surface area contributed by atoms with Gasteiger partial charge < -0.3 is 10.2 Å². The number of benzene rings is 1. The Hall–Kier alpha value is -2.02. The average molecular weight is 359 g/mol. The molecule has 3 rings (SSSR count). The zero-order chi connectivity index (χ0) is 16.9. The van der Waals surface area contributed by atoms with E-state index in [9.17, 15) is 4.79 Å². The lowest BCUT2D eigenvalue weighted by atomic mass is 10.2. The molecule has 0 saturated carbocycles. The summed E-state index contributed by atoms with van der Waals surface area (Å²) < 4.78 is 1.13. The molecule has 2 heterocycles. The third-order valence-electron chi connectivity index (χ3n) is 3.75. The van der Waals surface area contributed by atoms with Crippen LogP contribution in [0.2, 0.25) is 0 Å². The predicted octanol–water partition coefficient (Wildman–Crippen LogP) is 2.37. The van der Waals surface area contributed by atoms with Crippen molar-refractivity contribution < 1.29 is 9.69 Å². The maximum absolute atomic E-state index is 12.1. The molecule has 1 atom stereocenters. The summed E-state index contributed by atoms with van der Waals surface area (Å²) >= 11 is 3.31. The smallest absolute Gasteiger partial charge is 0.244 e. The molecule has 24 heavy (non-hydrogen) atoms. The molecule has 1 aromatic carbocycles. The summed E-state index contributed by atoms with van der Waals surface area (Å²) in [5.74, 6) is -0.0861. The van der Waals surface area contributed by atoms with Crippen LogP contribution in [0.1, 0.15) is 15.9 Å². The molecule has 2 aromatic heterocycles. The number of para-hydroxylation sites is 1. The van der Waals surface area contributed by atoms with Crippen LogP contribution in [0.3, 0.4) is 0 Å². The van der Waals surface area contributed by atoms with Crippen molar-refractivity contribution in [2.45, 2.75) is 6.04 Å². The van der Waals surface area contributed by atoms with Crippen molar-refractivity contribution in [3.63, 3.8) is 0 Å². The van der Waals surface area contributed by atoms with E-state index in [2.05, 4.69) is 35.8 Å². The quantitative estimate of drug-likeness (QED) is 0.665. The normalized spacial score (nSPS) is 13.0. The first-order chi connectivity index (χ1) is 11.6. The number of carbonyl (C=O) groups is 1. The third-order valence-corrected chi connectivity index (χ3v) is 5.74. The molecule has 124 valence electrons. The number of hydrogen-bond acceptors (Lipinski definition) is 4. The van der Waals surface area contributed by atoms with E-state index in [4.69, 9.17) is 0 Å². The minimum atomic E-state index is -0.0861. The second kappa shape index (κ2) is 7.70. The van der Waals surface area contributed by atoms with Crippen LogP contribution in [-0.2, 0) is 4.79 Å². The Kier molecular flexibility index (Phi) is 5.40. The number of amides is 1. The van der Waals surface area contributed by atoms with Gasteiger partial charge in [-0.3, -0.25) is 4.79 Å². The van der Waals surface area contributed by atoms with Crippen molar-refractivity contribution in [2.75, 3.05) is 20.6 Å². The summed E-state index contributed by atoms with van der Waals surface area (Å²) in [5, 5.41) is 5.91. The maximum atomic E-state index is 12.1. The highest BCUT2D eigenvalue weighted by molar-refractivity contribution is 7.19. The van der Waals surface area contributed by atoms with Gasteiger partial charge in [-0.2, -0.15) is 0 Å². The predicted molar refractivity (Wildman–Crippen MR) is 102 cm³/mol. The molecule has 0 aliphatic heterocycles. The SMILES string of the molecule is C[NH+](C)[C@@H](CNC(=O)/C=C/c1nc2ccccc2s1)c1cccs1. The molecule has 6 heteroatoms. The molecule has 0 fully saturated rings. The highest BCUT2D eigenvalue weighted by atomic mass is 32.1. The molecule has 0 unspecified atom stereocenters. The Bertz CT molecular complexity index is 804. The van der Waals surface area contributed by atoms with Crippen LogP contribution >= 0.6 is 22.7 Å². The minimum absolute atomic E-state index is 0.0861. The third kappa shape index (κ3) is 4.08. The van der Waals surface area contributed by atoms with E-state index in [0.29, 0.717) is 6.54 Å². The second-order valence-corrected chi connectivity index (χ2v) is 7.79. The summed E-state index contributed by atoms with van der Waals surface area (Å²) in [5.41, 5.74) is 0.969. The number of rotatable bonds is 6. The van der Waals surface area contributed by atoms with Gasteiger partial charge in [0, 0.05) is 6.08 Å². The fraction of sp³-hybridized carbons (Fsp3) is 0.222. The van der Waals surface area contributed by atoms with Gasteiger partial charge in [0.15, 0.2) is 0 Å². The van der Waals surface area contributed by atoms with Gasteiger partial charge in [0.25, 0.3) is 0 Å². The van der Waals surface area contributed by atoms with E-state index in [-0.39, 0.29) is 11.9 Å². The van der Waals surface area contributed by atoms with Crippen molar-refractivity contribution >= 4 is 44.9 Å². The van der Waals surface area contributed by atoms with E-state index in [0.717, 1.165) is 15.2 Å². The average Bonchev–Trinajstić information content (AvgIpc) is 3.22. The molecule has 4 nitrogen and oxygen atoms in total. The van der Waals surface area contributed by atoms with Crippen LogP contribution < -0.4 is 10.2 Å². The van der Waals surface area contributed by atoms with E-state index in [1.165, 1.54) is 9.78 Å². The zero-order valence-corrected chi connectivity index (χ0v) is 15.3. The van der Waals surface area contributed by atoms with E-state index >= 15 is 0 Å². The Labute approximate surface area is 149 Å². The van der Waals surface area contributed by atoms with E-state index in [1.54, 1.807) is 34.8 Å². The highest BCUT2D eigenvalue weighted by Gasteiger charge is 2.19. The molecule has 0 bridgehead atoms. The molecular weight excluding hydrogens is 338 g/mol. The Balaban J connectivity index is 1.60. The number of carbonyl (C=O) groups excluding carboxylic acids is 1. The number of thiazole rings is 1. The van der Waals surface area contributed by atoms with Gasteiger partial charge in [-0.1, -0.05) is 18.2 Å². The fourth-order valence-corrected chi connectivity index (χ4v) is 4.27.